The molecule has 76 valence electrons. The van der Waals surface area contributed by atoms with Crippen molar-refractivity contribution < 1.29 is 9.32 Å². The molecule has 0 fully saturated rings. The highest BCUT2D eigenvalue weighted by atomic mass is 79.9. The van der Waals surface area contributed by atoms with Gasteiger partial charge in [-0.05, 0) is 19.1 Å². The number of nitrogens with zero attached hydrogens (tertiary/aromatic N) is 1. The highest BCUT2D eigenvalue weighted by Crippen LogP contribution is 2.25. The maximum absolute atomic E-state index is 10.9. The van der Waals surface area contributed by atoms with Crippen LogP contribution in [0.3, 0.4) is 0 Å². The summed E-state index contributed by atoms with van der Waals surface area (Å²) in [5.74, 6) is 0.542. The lowest BCUT2D eigenvalue weighted by atomic mass is 10.1. The highest BCUT2D eigenvalue weighted by molar-refractivity contribution is 9.10. The average molecular weight is 266 g/mol. The van der Waals surface area contributed by atoms with Crippen LogP contribution in [-0.2, 0) is 0 Å². The Labute approximate surface area is 95.2 Å². The number of rotatable bonds is 2. The van der Waals surface area contributed by atoms with E-state index in [-0.39, 0.29) is 0 Å². The number of carbonyl (C=O) groups excluding carboxylic acids is 1. The molecule has 0 saturated carbocycles. The molecule has 1 aromatic heterocycles. The number of aromatic nitrogens is 1. The van der Waals surface area contributed by atoms with Crippen molar-refractivity contribution in [2.75, 3.05) is 0 Å². The summed E-state index contributed by atoms with van der Waals surface area (Å²) in [6, 6.07) is 7.58. The Bertz CT molecular complexity index is 505. The van der Waals surface area contributed by atoms with Crippen LogP contribution in [0.25, 0.3) is 11.3 Å². The lowest BCUT2D eigenvalue weighted by molar-refractivity contribution is 0.112. The van der Waals surface area contributed by atoms with E-state index in [2.05, 4.69) is 21.1 Å². The zero-order valence-electron chi connectivity index (χ0n) is 8.03. The fourth-order valence-electron chi connectivity index (χ4n) is 1.36. The van der Waals surface area contributed by atoms with E-state index in [4.69, 9.17) is 4.52 Å². The second-order valence-electron chi connectivity index (χ2n) is 3.13. The van der Waals surface area contributed by atoms with Gasteiger partial charge in [-0.3, -0.25) is 4.79 Å². The summed E-state index contributed by atoms with van der Waals surface area (Å²) >= 11 is 3.37. The SMILES string of the molecule is Cc1onc(-c2cccc(Br)c2)c1C=O. The fraction of sp³-hybridized carbons (Fsp3) is 0.0909. The number of aryl methyl sites for hydroxylation is 1. The van der Waals surface area contributed by atoms with Crippen molar-refractivity contribution in [3.05, 3.63) is 40.1 Å². The van der Waals surface area contributed by atoms with Crippen LogP contribution in [0.5, 0.6) is 0 Å². The van der Waals surface area contributed by atoms with E-state index in [0.29, 0.717) is 17.0 Å². The van der Waals surface area contributed by atoms with E-state index in [9.17, 15) is 4.79 Å². The molecular weight excluding hydrogens is 258 g/mol. The van der Waals surface area contributed by atoms with Gasteiger partial charge in [-0.15, -0.1) is 0 Å². The van der Waals surface area contributed by atoms with Crippen molar-refractivity contribution in [3.63, 3.8) is 0 Å². The van der Waals surface area contributed by atoms with Crippen LogP contribution in [0.4, 0.5) is 0 Å². The molecule has 3 nitrogen and oxygen atoms in total. The van der Waals surface area contributed by atoms with Crippen molar-refractivity contribution in [2.45, 2.75) is 6.92 Å². The maximum Gasteiger partial charge on any atom is 0.155 e. The zero-order chi connectivity index (χ0) is 10.8. The van der Waals surface area contributed by atoms with E-state index >= 15 is 0 Å². The quantitative estimate of drug-likeness (QED) is 0.784. The third kappa shape index (κ3) is 1.85. The highest BCUT2D eigenvalue weighted by Gasteiger charge is 2.13. The average Bonchev–Trinajstić information content (AvgIpc) is 2.59. The van der Waals surface area contributed by atoms with Crippen LogP contribution in [0.15, 0.2) is 33.3 Å². The molecule has 0 aliphatic rings. The van der Waals surface area contributed by atoms with Crippen LogP contribution >= 0.6 is 15.9 Å². The number of benzene rings is 1. The second kappa shape index (κ2) is 3.98. The van der Waals surface area contributed by atoms with Crippen molar-refractivity contribution in [3.8, 4) is 11.3 Å². The second-order valence-corrected chi connectivity index (χ2v) is 4.04. The zero-order valence-corrected chi connectivity index (χ0v) is 9.61. The molecule has 4 heteroatoms. The van der Waals surface area contributed by atoms with Gasteiger partial charge in [0.25, 0.3) is 0 Å². The lowest BCUT2D eigenvalue weighted by Crippen LogP contribution is -1.85. The molecule has 2 aromatic rings. The van der Waals surface area contributed by atoms with Crippen LogP contribution in [-0.4, -0.2) is 11.4 Å². The van der Waals surface area contributed by atoms with E-state index < -0.39 is 0 Å². The summed E-state index contributed by atoms with van der Waals surface area (Å²) in [5.41, 5.74) is 1.96. The predicted octanol–water partition coefficient (Wildman–Crippen LogP) is 3.23. The Kier molecular flexibility index (Phi) is 2.68. The molecule has 0 saturated heterocycles. The summed E-state index contributed by atoms with van der Waals surface area (Å²) < 4.78 is 5.93. The van der Waals surface area contributed by atoms with Gasteiger partial charge in [0.1, 0.15) is 11.5 Å². The molecule has 0 aliphatic heterocycles. The van der Waals surface area contributed by atoms with Crippen molar-refractivity contribution in [2.24, 2.45) is 0 Å². The van der Waals surface area contributed by atoms with Crippen LogP contribution in [0.1, 0.15) is 16.1 Å². The van der Waals surface area contributed by atoms with E-state index in [1.165, 1.54) is 0 Å². The molecule has 0 atom stereocenters. The molecule has 0 amide bonds. The van der Waals surface area contributed by atoms with Gasteiger partial charge >= 0.3 is 0 Å². The molecule has 0 N–H and O–H groups in total. The van der Waals surface area contributed by atoms with Gasteiger partial charge in [-0.1, -0.05) is 33.2 Å². The molecule has 2 rings (SSSR count). The minimum absolute atomic E-state index is 0.508. The summed E-state index contributed by atoms with van der Waals surface area (Å²) in [7, 11) is 0. The molecule has 0 spiro atoms. The molecule has 0 unspecified atom stereocenters. The molecule has 1 aromatic carbocycles. The third-order valence-electron chi connectivity index (χ3n) is 2.12. The fourth-order valence-corrected chi connectivity index (χ4v) is 1.76. The topological polar surface area (TPSA) is 43.1 Å². The van der Waals surface area contributed by atoms with Gasteiger partial charge in [0, 0.05) is 10.0 Å². The predicted molar refractivity (Wildman–Crippen MR) is 59.8 cm³/mol. The van der Waals surface area contributed by atoms with Gasteiger partial charge in [0.05, 0.1) is 5.56 Å². The van der Waals surface area contributed by atoms with Gasteiger partial charge in [0.15, 0.2) is 6.29 Å². The Morgan fingerprint density at radius 2 is 2.27 bits per heavy atom. The molecule has 15 heavy (non-hydrogen) atoms. The first-order valence-electron chi connectivity index (χ1n) is 4.40. The summed E-state index contributed by atoms with van der Waals surface area (Å²) in [4.78, 5) is 10.9. The number of carbonyl (C=O) groups is 1. The van der Waals surface area contributed by atoms with Crippen molar-refractivity contribution in [1.82, 2.24) is 5.16 Å². The molecule has 1 heterocycles. The maximum atomic E-state index is 10.9. The van der Waals surface area contributed by atoms with Gasteiger partial charge in [-0.2, -0.15) is 0 Å². The minimum atomic E-state index is 0.508. The molecular formula is C11H8BrNO2. The minimum Gasteiger partial charge on any atom is -0.360 e. The lowest BCUT2D eigenvalue weighted by Gasteiger charge is -1.97. The van der Waals surface area contributed by atoms with E-state index in [0.717, 1.165) is 16.3 Å². The van der Waals surface area contributed by atoms with Gasteiger partial charge < -0.3 is 4.52 Å². The number of hydrogen-bond acceptors (Lipinski definition) is 3. The summed E-state index contributed by atoms with van der Waals surface area (Å²) in [6.45, 7) is 1.72. The number of aldehydes is 1. The molecule has 0 aliphatic carbocycles. The van der Waals surface area contributed by atoms with Crippen molar-refractivity contribution >= 4 is 22.2 Å². The normalized spacial score (nSPS) is 10.3. The molecule has 0 radical (unpaired) electrons. The largest absolute Gasteiger partial charge is 0.360 e. The van der Waals surface area contributed by atoms with E-state index in [1.807, 2.05) is 24.3 Å². The smallest absolute Gasteiger partial charge is 0.155 e. The Hall–Kier alpha value is -1.42. The molecule has 0 bridgehead atoms. The Morgan fingerprint density at radius 1 is 1.47 bits per heavy atom. The first kappa shape index (κ1) is 10.1. The number of hydrogen-bond donors (Lipinski definition) is 0. The third-order valence-corrected chi connectivity index (χ3v) is 2.62. The first-order chi connectivity index (χ1) is 7.22. The van der Waals surface area contributed by atoms with Crippen LogP contribution in [0.2, 0.25) is 0 Å². The first-order valence-corrected chi connectivity index (χ1v) is 5.19. The van der Waals surface area contributed by atoms with Crippen molar-refractivity contribution in [1.29, 1.82) is 0 Å². The standard InChI is InChI=1S/C11H8BrNO2/c1-7-10(6-14)11(13-15-7)8-3-2-4-9(12)5-8/h2-6H,1H3. The van der Waals surface area contributed by atoms with E-state index in [1.54, 1.807) is 6.92 Å². The van der Waals surface area contributed by atoms with Gasteiger partial charge in [0.2, 0.25) is 0 Å². The van der Waals surface area contributed by atoms with Crippen LogP contribution in [0, 0.1) is 6.92 Å². The Balaban J connectivity index is 2.58. The van der Waals surface area contributed by atoms with Gasteiger partial charge in [-0.25, -0.2) is 0 Å². The Morgan fingerprint density at radius 3 is 2.93 bits per heavy atom. The number of halogens is 1. The summed E-state index contributed by atoms with van der Waals surface area (Å²) in [5, 5.41) is 3.87. The summed E-state index contributed by atoms with van der Waals surface area (Å²) in [6.07, 6.45) is 0.766. The van der Waals surface area contributed by atoms with Crippen LogP contribution < -0.4 is 0 Å². The monoisotopic (exact) mass is 265 g/mol.